The van der Waals surface area contributed by atoms with E-state index < -0.39 is 23.8 Å². The molecule has 2 aromatic carbocycles. The summed E-state index contributed by atoms with van der Waals surface area (Å²) in [5.74, 6) is -1.62. The number of carbonyl (C=O) groups is 2. The Morgan fingerprint density at radius 2 is 1.92 bits per heavy atom. The van der Waals surface area contributed by atoms with Crippen molar-refractivity contribution in [3.63, 3.8) is 0 Å². The average Bonchev–Trinajstić information content (AvgIpc) is 2.61. The summed E-state index contributed by atoms with van der Waals surface area (Å²) in [6, 6.07) is 11.7. The van der Waals surface area contributed by atoms with Crippen LogP contribution in [0.5, 0.6) is 0 Å². The third-order valence-corrected chi connectivity index (χ3v) is 4.00. The summed E-state index contributed by atoms with van der Waals surface area (Å²) in [7, 11) is 0. The summed E-state index contributed by atoms with van der Waals surface area (Å²) >= 11 is 0. The number of rotatable bonds is 4. The van der Waals surface area contributed by atoms with Gasteiger partial charge in [0.05, 0.1) is 5.56 Å². The fourth-order valence-corrected chi connectivity index (χ4v) is 2.62. The van der Waals surface area contributed by atoms with E-state index in [1.807, 2.05) is 24.3 Å². The van der Waals surface area contributed by atoms with Crippen molar-refractivity contribution < 1.29 is 18.7 Å². The summed E-state index contributed by atoms with van der Waals surface area (Å²) in [6.07, 6.45) is -0.990. The van der Waals surface area contributed by atoms with Gasteiger partial charge in [-0.15, -0.1) is 0 Å². The molecule has 1 amide bonds. The minimum atomic E-state index is -1.02. The van der Waals surface area contributed by atoms with Crippen LogP contribution in [-0.4, -0.2) is 18.0 Å². The van der Waals surface area contributed by atoms with E-state index in [2.05, 4.69) is 5.32 Å². The molecule has 0 bridgehead atoms. The van der Waals surface area contributed by atoms with Gasteiger partial charge in [-0.3, -0.25) is 4.79 Å². The van der Waals surface area contributed by atoms with E-state index >= 15 is 0 Å². The maximum absolute atomic E-state index is 13.9. The van der Waals surface area contributed by atoms with Gasteiger partial charge in [0.2, 0.25) is 0 Å². The largest absolute Gasteiger partial charge is 0.448 e. The second-order valence-corrected chi connectivity index (χ2v) is 5.60. The van der Waals surface area contributed by atoms with Crippen LogP contribution in [0.15, 0.2) is 42.5 Å². The SMILES string of the molecule is NCc1ccc(CNC(=O)C2Cc3c(F)cccc3C(=O)O2)cc1. The van der Waals surface area contributed by atoms with Gasteiger partial charge in [-0.05, 0) is 23.3 Å². The predicted octanol–water partition coefficient (Wildman–Crippen LogP) is 1.68. The molecule has 5 nitrogen and oxygen atoms in total. The minimum Gasteiger partial charge on any atom is -0.448 e. The van der Waals surface area contributed by atoms with Gasteiger partial charge < -0.3 is 15.8 Å². The first-order valence-corrected chi connectivity index (χ1v) is 7.62. The topological polar surface area (TPSA) is 81.4 Å². The van der Waals surface area contributed by atoms with Crippen LogP contribution in [0.25, 0.3) is 0 Å². The molecule has 124 valence electrons. The van der Waals surface area contributed by atoms with Gasteiger partial charge in [-0.2, -0.15) is 0 Å². The van der Waals surface area contributed by atoms with E-state index in [1.165, 1.54) is 18.2 Å². The lowest BCUT2D eigenvalue weighted by atomic mass is 9.97. The average molecular weight is 328 g/mol. The van der Waals surface area contributed by atoms with Crippen molar-refractivity contribution in [3.05, 3.63) is 70.5 Å². The molecule has 0 fully saturated rings. The van der Waals surface area contributed by atoms with Crippen molar-refractivity contribution in [1.82, 2.24) is 5.32 Å². The van der Waals surface area contributed by atoms with Crippen molar-refractivity contribution in [3.8, 4) is 0 Å². The number of halogens is 1. The Balaban J connectivity index is 1.65. The van der Waals surface area contributed by atoms with Crippen LogP contribution in [0, 0.1) is 5.82 Å². The second-order valence-electron chi connectivity index (χ2n) is 5.60. The van der Waals surface area contributed by atoms with E-state index in [1.54, 1.807) is 0 Å². The number of nitrogens with one attached hydrogen (secondary N) is 1. The van der Waals surface area contributed by atoms with Crippen LogP contribution < -0.4 is 11.1 Å². The van der Waals surface area contributed by atoms with Crippen molar-refractivity contribution in [2.24, 2.45) is 5.73 Å². The van der Waals surface area contributed by atoms with Crippen LogP contribution in [-0.2, 0) is 29.0 Å². The Morgan fingerprint density at radius 3 is 2.62 bits per heavy atom. The number of cyclic esters (lactones) is 1. The second kappa shape index (κ2) is 6.80. The van der Waals surface area contributed by atoms with Crippen LogP contribution in [0.3, 0.4) is 0 Å². The molecule has 1 aliphatic rings. The van der Waals surface area contributed by atoms with Gasteiger partial charge in [-0.1, -0.05) is 30.3 Å². The van der Waals surface area contributed by atoms with Crippen molar-refractivity contribution >= 4 is 11.9 Å². The molecule has 1 aliphatic heterocycles. The third kappa shape index (κ3) is 3.28. The van der Waals surface area contributed by atoms with Crippen molar-refractivity contribution in [1.29, 1.82) is 0 Å². The first-order valence-electron chi connectivity index (χ1n) is 7.62. The summed E-state index contributed by atoms with van der Waals surface area (Å²) in [5.41, 5.74) is 7.83. The monoisotopic (exact) mass is 328 g/mol. The standard InChI is InChI=1S/C18H17FN2O3/c19-15-3-1-2-13-14(15)8-16(24-18(13)23)17(22)21-10-12-6-4-11(9-20)5-7-12/h1-7,16H,8-10,20H2,(H,21,22). The molecule has 0 aliphatic carbocycles. The number of nitrogens with two attached hydrogens (primary N) is 1. The molecule has 24 heavy (non-hydrogen) atoms. The quantitative estimate of drug-likeness (QED) is 0.837. The van der Waals surface area contributed by atoms with Crippen LogP contribution in [0.1, 0.15) is 27.0 Å². The van der Waals surface area contributed by atoms with E-state index in [0.29, 0.717) is 13.1 Å². The molecular formula is C18H17FN2O3. The maximum atomic E-state index is 13.9. The highest BCUT2D eigenvalue weighted by Crippen LogP contribution is 2.23. The fraction of sp³-hybridized carbons (Fsp3) is 0.222. The lowest BCUT2D eigenvalue weighted by Crippen LogP contribution is -2.41. The molecule has 3 N–H and O–H groups in total. The van der Waals surface area contributed by atoms with E-state index in [4.69, 9.17) is 10.5 Å². The zero-order valence-electron chi connectivity index (χ0n) is 12.9. The first-order chi connectivity index (χ1) is 11.6. The Kier molecular flexibility index (Phi) is 4.57. The Hall–Kier alpha value is -2.73. The van der Waals surface area contributed by atoms with E-state index in [-0.39, 0.29) is 17.5 Å². The highest BCUT2D eigenvalue weighted by molar-refractivity contribution is 5.95. The smallest absolute Gasteiger partial charge is 0.339 e. The molecule has 6 heteroatoms. The Morgan fingerprint density at radius 1 is 1.21 bits per heavy atom. The van der Waals surface area contributed by atoms with E-state index in [0.717, 1.165) is 11.1 Å². The predicted molar refractivity (Wildman–Crippen MR) is 85.5 cm³/mol. The lowest BCUT2D eigenvalue weighted by molar-refractivity contribution is -0.130. The van der Waals surface area contributed by atoms with Gasteiger partial charge in [0, 0.05) is 25.1 Å². The van der Waals surface area contributed by atoms with Gasteiger partial charge in [0.15, 0.2) is 6.10 Å². The number of benzene rings is 2. The molecule has 0 radical (unpaired) electrons. The molecular weight excluding hydrogens is 311 g/mol. The number of amides is 1. The molecule has 1 atom stereocenters. The fourth-order valence-electron chi connectivity index (χ4n) is 2.62. The molecule has 3 rings (SSSR count). The number of esters is 1. The van der Waals surface area contributed by atoms with Crippen molar-refractivity contribution in [2.75, 3.05) is 0 Å². The van der Waals surface area contributed by atoms with Gasteiger partial charge in [0.25, 0.3) is 5.91 Å². The number of hydrogen-bond donors (Lipinski definition) is 2. The van der Waals surface area contributed by atoms with Crippen molar-refractivity contribution in [2.45, 2.75) is 25.6 Å². The maximum Gasteiger partial charge on any atom is 0.339 e. The zero-order chi connectivity index (χ0) is 17.1. The minimum absolute atomic E-state index is 0.0334. The number of ether oxygens (including phenoxy) is 1. The number of hydrogen-bond acceptors (Lipinski definition) is 4. The van der Waals surface area contributed by atoms with Crippen LogP contribution in [0.2, 0.25) is 0 Å². The lowest BCUT2D eigenvalue weighted by Gasteiger charge is -2.24. The normalized spacial score (nSPS) is 16.2. The summed E-state index contributed by atoms with van der Waals surface area (Å²) in [5, 5.41) is 2.71. The third-order valence-electron chi connectivity index (χ3n) is 4.00. The zero-order valence-corrected chi connectivity index (χ0v) is 12.9. The van der Waals surface area contributed by atoms with Crippen LogP contribution >= 0.6 is 0 Å². The summed E-state index contributed by atoms with van der Waals surface area (Å²) < 4.78 is 19.0. The summed E-state index contributed by atoms with van der Waals surface area (Å²) in [4.78, 5) is 24.1. The Bertz CT molecular complexity index is 774. The Labute approximate surface area is 138 Å². The molecule has 0 aromatic heterocycles. The summed E-state index contributed by atoms with van der Waals surface area (Å²) in [6.45, 7) is 0.748. The van der Waals surface area contributed by atoms with Crippen LogP contribution in [0.4, 0.5) is 4.39 Å². The highest BCUT2D eigenvalue weighted by Gasteiger charge is 2.32. The molecule has 1 heterocycles. The molecule has 0 saturated heterocycles. The molecule has 2 aromatic rings. The first kappa shape index (κ1) is 16.1. The van der Waals surface area contributed by atoms with Gasteiger partial charge in [-0.25, -0.2) is 9.18 Å². The number of carbonyl (C=O) groups excluding carboxylic acids is 2. The highest BCUT2D eigenvalue weighted by atomic mass is 19.1. The molecule has 0 spiro atoms. The number of fused-ring (bicyclic) bond motifs is 1. The van der Waals surface area contributed by atoms with Gasteiger partial charge >= 0.3 is 5.97 Å². The van der Waals surface area contributed by atoms with Gasteiger partial charge in [0.1, 0.15) is 5.82 Å². The molecule has 1 unspecified atom stereocenters. The molecule has 0 saturated carbocycles. The van der Waals surface area contributed by atoms with E-state index in [9.17, 15) is 14.0 Å².